The van der Waals surface area contributed by atoms with E-state index in [1.165, 1.54) is 28.9 Å². The molecule has 0 bridgehead atoms. The topological polar surface area (TPSA) is 46.9 Å². The summed E-state index contributed by atoms with van der Waals surface area (Å²) in [5.41, 5.74) is 3.06. The third-order valence-electron chi connectivity index (χ3n) is 4.35. The fourth-order valence-electron chi connectivity index (χ4n) is 2.87. The lowest BCUT2D eigenvalue weighted by atomic mass is 10.1. The first-order chi connectivity index (χ1) is 12.9. The van der Waals surface area contributed by atoms with Gasteiger partial charge in [-0.2, -0.15) is 5.10 Å². The molecule has 0 radical (unpaired) electrons. The van der Waals surface area contributed by atoms with E-state index in [1.807, 2.05) is 0 Å². The Balaban J connectivity index is 1.74. The number of carbonyl (C=O) groups excluding carboxylic acids is 1. The number of para-hydroxylation sites is 1. The Morgan fingerprint density at radius 1 is 1.19 bits per heavy atom. The van der Waals surface area contributed by atoms with Gasteiger partial charge in [0.15, 0.2) is 0 Å². The molecule has 1 heterocycles. The highest BCUT2D eigenvalue weighted by atomic mass is 35.5. The number of nitrogens with one attached hydrogen (secondary N) is 1. The van der Waals surface area contributed by atoms with Gasteiger partial charge in [0, 0.05) is 22.8 Å². The van der Waals surface area contributed by atoms with Crippen molar-refractivity contribution in [3.8, 4) is 5.69 Å². The third-order valence-corrected chi connectivity index (χ3v) is 4.70. The minimum atomic E-state index is -0.429. The van der Waals surface area contributed by atoms with Crippen molar-refractivity contribution in [3.63, 3.8) is 0 Å². The molecule has 0 spiro atoms. The molecule has 2 aromatic carbocycles. The van der Waals surface area contributed by atoms with E-state index in [9.17, 15) is 13.6 Å². The molecular formula is C20H18ClF2N3O. The molecule has 0 aliphatic carbocycles. The van der Waals surface area contributed by atoms with E-state index in [-0.39, 0.29) is 29.7 Å². The van der Waals surface area contributed by atoms with Crippen LogP contribution in [0.1, 0.15) is 22.5 Å². The molecule has 3 rings (SSSR count). The number of nitrogens with zero attached hydrogens (tertiary/aromatic N) is 2. The molecular weight excluding hydrogens is 372 g/mol. The number of rotatable bonds is 5. The maximum atomic E-state index is 14.1. The Hall–Kier alpha value is -2.73. The molecule has 7 heteroatoms. The molecule has 0 saturated heterocycles. The lowest BCUT2D eigenvalue weighted by Gasteiger charge is -2.08. The van der Waals surface area contributed by atoms with Gasteiger partial charge in [0.25, 0.3) is 0 Å². The number of halogens is 3. The average Bonchev–Trinajstić information content (AvgIpc) is 2.89. The van der Waals surface area contributed by atoms with Crippen LogP contribution in [0.3, 0.4) is 0 Å². The maximum absolute atomic E-state index is 14.1. The van der Waals surface area contributed by atoms with Crippen LogP contribution >= 0.6 is 11.6 Å². The molecule has 4 nitrogen and oxygen atoms in total. The summed E-state index contributed by atoms with van der Waals surface area (Å²) in [5.74, 6) is -1.04. The minimum Gasteiger partial charge on any atom is -0.352 e. The zero-order valence-electron chi connectivity index (χ0n) is 14.9. The molecule has 1 amide bonds. The Morgan fingerprint density at radius 3 is 2.63 bits per heavy atom. The molecule has 0 atom stereocenters. The normalized spacial score (nSPS) is 10.9. The van der Waals surface area contributed by atoms with Crippen LogP contribution in [0.25, 0.3) is 5.69 Å². The van der Waals surface area contributed by atoms with Crippen LogP contribution in [0.4, 0.5) is 8.78 Å². The second-order valence-electron chi connectivity index (χ2n) is 6.20. The summed E-state index contributed by atoms with van der Waals surface area (Å²) in [6.07, 6.45) is 0.102. The number of benzene rings is 2. The van der Waals surface area contributed by atoms with E-state index in [1.54, 1.807) is 32.0 Å². The summed E-state index contributed by atoms with van der Waals surface area (Å²) in [5, 5.41) is 7.40. The van der Waals surface area contributed by atoms with Gasteiger partial charge in [-0.3, -0.25) is 4.79 Å². The molecule has 1 aromatic heterocycles. The number of aryl methyl sites for hydroxylation is 1. The van der Waals surface area contributed by atoms with Gasteiger partial charge in [-0.15, -0.1) is 0 Å². The first-order valence-corrected chi connectivity index (χ1v) is 8.75. The highest BCUT2D eigenvalue weighted by molar-refractivity contribution is 6.31. The number of hydrogen-bond donors (Lipinski definition) is 1. The summed E-state index contributed by atoms with van der Waals surface area (Å²) in [6.45, 7) is 3.77. The van der Waals surface area contributed by atoms with Crippen molar-refractivity contribution in [2.24, 2.45) is 0 Å². The smallest absolute Gasteiger partial charge is 0.224 e. The molecule has 27 heavy (non-hydrogen) atoms. The van der Waals surface area contributed by atoms with E-state index < -0.39 is 5.82 Å². The summed E-state index contributed by atoms with van der Waals surface area (Å²) in [4.78, 5) is 12.3. The summed E-state index contributed by atoms with van der Waals surface area (Å²) in [6, 6.07) is 10.4. The largest absolute Gasteiger partial charge is 0.352 e. The van der Waals surface area contributed by atoms with E-state index in [0.29, 0.717) is 22.6 Å². The van der Waals surface area contributed by atoms with Gasteiger partial charge in [-0.25, -0.2) is 13.5 Å². The molecule has 0 fully saturated rings. The predicted molar refractivity (Wildman–Crippen MR) is 100.0 cm³/mol. The Bertz CT molecular complexity index is 1000. The summed E-state index contributed by atoms with van der Waals surface area (Å²) < 4.78 is 28.6. The minimum absolute atomic E-state index is 0.102. The summed E-state index contributed by atoms with van der Waals surface area (Å²) >= 11 is 5.97. The van der Waals surface area contributed by atoms with Crippen molar-refractivity contribution >= 4 is 17.5 Å². The SMILES string of the molecule is Cc1nn(-c2ccccc2F)c(C)c1CC(=O)NCc1ccc(F)cc1Cl. The van der Waals surface area contributed by atoms with Crippen LogP contribution in [-0.2, 0) is 17.8 Å². The van der Waals surface area contributed by atoms with Crippen molar-refractivity contribution in [2.45, 2.75) is 26.8 Å². The Kier molecular flexibility index (Phi) is 5.56. The molecule has 3 aromatic rings. The first kappa shape index (κ1) is 19.0. The second kappa shape index (κ2) is 7.88. The van der Waals surface area contributed by atoms with Crippen LogP contribution in [0.2, 0.25) is 5.02 Å². The van der Waals surface area contributed by atoms with Gasteiger partial charge in [0.1, 0.15) is 17.3 Å². The fraction of sp³-hybridized carbons (Fsp3) is 0.200. The van der Waals surface area contributed by atoms with Gasteiger partial charge >= 0.3 is 0 Å². The number of amides is 1. The molecule has 1 N–H and O–H groups in total. The lowest BCUT2D eigenvalue weighted by molar-refractivity contribution is -0.120. The van der Waals surface area contributed by atoms with E-state index in [0.717, 1.165) is 5.56 Å². The van der Waals surface area contributed by atoms with Gasteiger partial charge in [0.2, 0.25) is 5.91 Å². The van der Waals surface area contributed by atoms with Gasteiger partial charge in [-0.05, 0) is 43.7 Å². The third kappa shape index (κ3) is 4.17. The van der Waals surface area contributed by atoms with Crippen molar-refractivity contribution < 1.29 is 13.6 Å². The number of aromatic nitrogens is 2. The monoisotopic (exact) mass is 389 g/mol. The van der Waals surface area contributed by atoms with Crippen molar-refractivity contribution in [3.05, 3.63) is 81.6 Å². The molecule has 0 aliphatic heterocycles. The highest BCUT2D eigenvalue weighted by Crippen LogP contribution is 2.21. The predicted octanol–water partition coefficient (Wildman–Crippen LogP) is 4.28. The zero-order chi connectivity index (χ0) is 19.6. The molecule has 0 aliphatic rings. The molecule has 0 unspecified atom stereocenters. The average molecular weight is 390 g/mol. The molecule has 0 saturated carbocycles. The standard InChI is InChI=1S/C20H18ClF2N3O/c1-12-16(13(2)26(25-12)19-6-4-3-5-18(19)23)10-20(27)24-11-14-7-8-15(22)9-17(14)21/h3-9H,10-11H2,1-2H3,(H,24,27). The van der Waals surface area contributed by atoms with E-state index >= 15 is 0 Å². The van der Waals surface area contributed by atoms with Crippen LogP contribution < -0.4 is 5.32 Å². The van der Waals surface area contributed by atoms with Crippen molar-refractivity contribution in [2.75, 3.05) is 0 Å². The van der Waals surface area contributed by atoms with Gasteiger partial charge in [-0.1, -0.05) is 29.8 Å². The Morgan fingerprint density at radius 2 is 1.93 bits per heavy atom. The Labute approximate surface area is 160 Å². The number of hydrogen-bond acceptors (Lipinski definition) is 2. The van der Waals surface area contributed by atoms with Gasteiger partial charge < -0.3 is 5.32 Å². The van der Waals surface area contributed by atoms with E-state index in [2.05, 4.69) is 10.4 Å². The zero-order valence-corrected chi connectivity index (χ0v) is 15.6. The van der Waals surface area contributed by atoms with Crippen LogP contribution in [0.5, 0.6) is 0 Å². The van der Waals surface area contributed by atoms with Gasteiger partial charge in [0.05, 0.1) is 12.1 Å². The van der Waals surface area contributed by atoms with Crippen LogP contribution in [0.15, 0.2) is 42.5 Å². The van der Waals surface area contributed by atoms with Crippen molar-refractivity contribution in [1.82, 2.24) is 15.1 Å². The number of carbonyl (C=O) groups is 1. The van der Waals surface area contributed by atoms with Crippen LogP contribution in [-0.4, -0.2) is 15.7 Å². The molecule has 140 valence electrons. The maximum Gasteiger partial charge on any atom is 0.224 e. The van der Waals surface area contributed by atoms with Crippen LogP contribution in [0, 0.1) is 25.5 Å². The first-order valence-electron chi connectivity index (χ1n) is 8.37. The quantitative estimate of drug-likeness (QED) is 0.708. The summed E-state index contributed by atoms with van der Waals surface area (Å²) in [7, 11) is 0. The fourth-order valence-corrected chi connectivity index (χ4v) is 3.10. The van der Waals surface area contributed by atoms with Crippen molar-refractivity contribution in [1.29, 1.82) is 0 Å². The second-order valence-corrected chi connectivity index (χ2v) is 6.61. The lowest BCUT2D eigenvalue weighted by Crippen LogP contribution is -2.25. The van der Waals surface area contributed by atoms with E-state index in [4.69, 9.17) is 11.6 Å². The highest BCUT2D eigenvalue weighted by Gasteiger charge is 2.17.